The molecule has 5 heteroatoms. The lowest BCUT2D eigenvalue weighted by Crippen LogP contribution is -2.01. The van der Waals surface area contributed by atoms with Crippen molar-refractivity contribution in [3.05, 3.63) is 22.8 Å². The van der Waals surface area contributed by atoms with Gasteiger partial charge in [0.1, 0.15) is 10.1 Å². The average Bonchev–Trinajstić information content (AvgIpc) is 1.93. The van der Waals surface area contributed by atoms with Crippen molar-refractivity contribution in [3.63, 3.8) is 0 Å². The van der Waals surface area contributed by atoms with Crippen molar-refractivity contribution >= 4 is 50.9 Å². The van der Waals surface area contributed by atoms with Crippen LogP contribution in [0, 0.1) is 0 Å². The van der Waals surface area contributed by atoms with Crippen LogP contribution in [0.4, 0.5) is 5.82 Å². The van der Waals surface area contributed by atoms with Crippen LogP contribution < -0.4 is 5.32 Å². The molecule has 0 aliphatic carbocycles. The molecule has 1 N–H and O–H groups in total. The molecule has 2 nitrogen and oxygen atoms in total. The van der Waals surface area contributed by atoms with Crippen LogP contribution >= 0.6 is 40.8 Å². The number of hydrogen-bond donors (Lipinski definition) is 2. The lowest BCUT2D eigenvalue weighted by molar-refractivity contribution is 1.31. The summed E-state index contributed by atoms with van der Waals surface area (Å²) in [7, 11) is 0. The molecule has 0 bridgehead atoms. The zero-order valence-corrected chi connectivity index (χ0v) is 8.71. The molecule has 0 saturated heterocycles. The molecule has 11 heavy (non-hydrogen) atoms. The van der Waals surface area contributed by atoms with E-state index in [1.807, 2.05) is 12.1 Å². The Hall–Kier alpha value is -0.130. The van der Waals surface area contributed by atoms with Crippen molar-refractivity contribution in [1.82, 2.24) is 4.98 Å². The van der Waals surface area contributed by atoms with Crippen molar-refractivity contribution in [2.45, 2.75) is 0 Å². The van der Waals surface area contributed by atoms with Gasteiger partial charge in [-0.15, -0.1) is 12.6 Å². The summed E-state index contributed by atoms with van der Waals surface area (Å²) >= 11 is 11.9. The third-order valence-electron chi connectivity index (χ3n) is 0.962. The summed E-state index contributed by atoms with van der Waals surface area (Å²) in [5.74, 6) is 0.702. The SMILES string of the molecule is S=C(S)Nc1ccc(Br)cn1. The Kier molecular flexibility index (Phi) is 3.29. The number of halogens is 1. The van der Waals surface area contributed by atoms with Gasteiger partial charge in [0.25, 0.3) is 0 Å². The molecule has 0 atom stereocenters. The topological polar surface area (TPSA) is 24.9 Å². The second kappa shape index (κ2) is 4.04. The predicted octanol–water partition coefficient (Wildman–Crippen LogP) is 2.47. The molecule has 0 aliphatic heterocycles. The molecular weight excluding hydrogens is 244 g/mol. The maximum atomic E-state index is 4.71. The van der Waals surface area contributed by atoms with E-state index in [0.717, 1.165) is 4.47 Å². The quantitative estimate of drug-likeness (QED) is 0.590. The molecule has 0 saturated carbocycles. The minimum atomic E-state index is 0.417. The van der Waals surface area contributed by atoms with Gasteiger partial charge in [-0.3, -0.25) is 0 Å². The molecule has 0 fully saturated rings. The fraction of sp³-hybridized carbons (Fsp3) is 0. The Morgan fingerprint density at radius 3 is 2.82 bits per heavy atom. The summed E-state index contributed by atoms with van der Waals surface area (Å²) in [6.45, 7) is 0. The Morgan fingerprint density at radius 1 is 1.64 bits per heavy atom. The first kappa shape index (κ1) is 8.96. The van der Waals surface area contributed by atoms with E-state index in [1.54, 1.807) is 6.20 Å². The molecule has 1 aromatic heterocycles. The van der Waals surface area contributed by atoms with Crippen molar-refractivity contribution in [3.8, 4) is 0 Å². The van der Waals surface area contributed by atoms with Gasteiger partial charge in [-0.1, -0.05) is 12.2 Å². The van der Waals surface area contributed by atoms with E-state index in [0.29, 0.717) is 10.1 Å². The van der Waals surface area contributed by atoms with Gasteiger partial charge in [0.2, 0.25) is 0 Å². The number of nitrogens with one attached hydrogen (secondary N) is 1. The normalized spacial score (nSPS) is 9.27. The Bertz CT molecular complexity index is 260. The number of thiol groups is 1. The molecule has 0 spiro atoms. The van der Waals surface area contributed by atoms with Crippen LogP contribution in [-0.4, -0.2) is 9.30 Å². The van der Waals surface area contributed by atoms with E-state index >= 15 is 0 Å². The number of anilines is 1. The molecule has 0 amide bonds. The zero-order valence-electron chi connectivity index (χ0n) is 5.41. The number of aromatic nitrogens is 1. The summed E-state index contributed by atoms with van der Waals surface area (Å²) in [5.41, 5.74) is 0. The van der Waals surface area contributed by atoms with Crippen LogP contribution in [-0.2, 0) is 0 Å². The Balaban J connectivity index is 2.74. The zero-order chi connectivity index (χ0) is 8.27. The van der Waals surface area contributed by atoms with Crippen LogP contribution in [0.3, 0.4) is 0 Å². The van der Waals surface area contributed by atoms with E-state index in [-0.39, 0.29) is 0 Å². The molecule has 0 radical (unpaired) electrons. The highest BCUT2D eigenvalue weighted by Gasteiger charge is 1.92. The standard InChI is InChI=1S/C6H5BrN2S2/c7-4-1-2-5(8-3-4)9-6(10)11/h1-3H,(H2,8,9,10,11). The van der Waals surface area contributed by atoms with Crippen molar-refractivity contribution in [2.75, 3.05) is 5.32 Å². The molecule has 0 unspecified atom stereocenters. The van der Waals surface area contributed by atoms with Gasteiger partial charge in [-0.05, 0) is 28.1 Å². The highest BCUT2D eigenvalue weighted by Crippen LogP contribution is 2.10. The summed E-state index contributed by atoms with van der Waals surface area (Å²) in [6.07, 6.45) is 1.69. The summed E-state index contributed by atoms with van der Waals surface area (Å²) < 4.78 is 1.35. The summed E-state index contributed by atoms with van der Waals surface area (Å²) in [5, 5.41) is 2.80. The van der Waals surface area contributed by atoms with E-state index < -0.39 is 0 Å². The van der Waals surface area contributed by atoms with E-state index in [4.69, 9.17) is 12.2 Å². The number of pyridine rings is 1. The number of rotatable bonds is 1. The van der Waals surface area contributed by atoms with Gasteiger partial charge in [0.15, 0.2) is 0 Å². The molecule has 58 valence electrons. The smallest absolute Gasteiger partial charge is 0.136 e. The average molecular weight is 249 g/mol. The molecule has 0 aromatic carbocycles. The van der Waals surface area contributed by atoms with Gasteiger partial charge >= 0.3 is 0 Å². The minimum Gasteiger partial charge on any atom is -0.326 e. The number of thiocarbonyl (C=S) groups is 1. The predicted molar refractivity (Wildman–Crippen MR) is 57.1 cm³/mol. The third kappa shape index (κ3) is 3.18. The molecular formula is C6H5BrN2S2. The minimum absolute atomic E-state index is 0.417. The van der Waals surface area contributed by atoms with Crippen LogP contribution in [0.1, 0.15) is 0 Å². The molecule has 1 rings (SSSR count). The molecule has 1 aromatic rings. The fourth-order valence-electron chi connectivity index (χ4n) is 0.559. The van der Waals surface area contributed by atoms with Crippen LogP contribution in [0.15, 0.2) is 22.8 Å². The first-order valence-electron chi connectivity index (χ1n) is 2.80. The van der Waals surface area contributed by atoms with Crippen molar-refractivity contribution in [2.24, 2.45) is 0 Å². The first-order chi connectivity index (χ1) is 5.18. The largest absolute Gasteiger partial charge is 0.326 e. The maximum absolute atomic E-state index is 4.71. The van der Waals surface area contributed by atoms with Gasteiger partial charge < -0.3 is 5.32 Å². The van der Waals surface area contributed by atoms with Crippen molar-refractivity contribution < 1.29 is 0 Å². The molecule has 1 heterocycles. The van der Waals surface area contributed by atoms with Crippen molar-refractivity contribution in [1.29, 1.82) is 0 Å². The lowest BCUT2D eigenvalue weighted by Gasteiger charge is -2.00. The van der Waals surface area contributed by atoms with E-state index in [9.17, 15) is 0 Å². The second-order valence-electron chi connectivity index (χ2n) is 1.79. The highest BCUT2D eigenvalue weighted by atomic mass is 79.9. The van der Waals surface area contributed by atoms with E-state index in [1.165, 1.54) is 0 Å². The van der Waals surface area contributed by atoms with Crippen LogP contribution in [0.2, 0.25) is 0 Å². The fourth-order valence-corrected chi connectivity index (χ4v) is 1.01. The van der Waals surface area contributed by atoms with Crippen LogP contribution in [0.25, 0.3) is 0 Å². The van der Waals surface area contributed by atoms with Gasteiger partial charge in [0, 0.05) is 10.7 Å². The third-order valence-corrected chi connectivity index (χ3v) is 1.65. The van der Waals surface area contributed by atoms with Crippen LogP contribution in [0.5, 0.6) is 0 Å². The first-order valence-corrected chi connectivity index (χ1v) is 4.45. The number of nitrogens with zero attached hydrogens (tertiary/aromatic N) is 1. The lowest BCUT2D eigenvalue weighted by atomic mass is 10.5. The second-order valence-corrected chi connectivity index (χ2v) is 3.87. The van der Waals surface area contributed by atoms with Gasteiger partial charge in [0.05, 0.1) is 0 Å². The summed E-state index contributed by atoms with van der Waals surface area (Å²) in [4.78, 5) is 4.02. The number of hydrogen-bond acceptors (Lipinski definition) is 2. The summed E-state index contributed by atoms with van der Waals surface area (Å²) in [6, 6.07) is 3.69. The Morgan fingerprint density at radius 2 is 2.36 bits per heavy atom. The monoisotopic (exact) mass is 248 g/mol. The maximum Gasteiger partial charge on any atom is 0.136 e. The Labute approximate surface area is 83.9 Å². The van der Waals surface area contributed by atoms with Gasteiger partial charge in [-0.2, -0.15) is 0 Å². The highest BCUT2D eigenvalue weighted by molar-refractivity contribution is 9.10. The van der Waals surface area contributed by atoms with Gasteiger partial charge in [-0.25, -0.2) is 4.98 Å². The molecule has 0 aliphatic rings. The van der Waals surface area contributed by atoms with E-state index in [2.05, 4.69) is 38.9 Å².